The summed E-state index contributed by atoms with van der Waals surface area (Å²) in [4.78, 5) is 42.6. The van der Waals surface area contributed by atoms with E-state index in [1.807, 2.05) is 9.80 Å². The van der Waals surface area contributed by atoms with E-state index in [9.17, 15) is 25.0 Å². The van der Waals surface area contributed by atoms with Gasteiger partial charge in [0, 0.05) is 56.0 Å². The van der Waals surface area contributed by atoms with Crippen molar-refractivity contribution in [2.75, 3.05) is 31.1 Å². The van der Waals surface area contributed by atoms with Crippen molar-refractivity contribution in [2.24, 2.45) is 4.99 Å². The van der Waals surface area contributed by atoms with E-state index < -0.39 is 4.92 Å². The van der Waals surface area contributed by atoms with Crippen molar-refractivity contribution < 1.29 is 19.1 Å². The SMILES string of the molecule is O=C1N=C(N2CCN(c3ccccc3[N+](=O)[O-])CC2)S/C1=C\c1ccc(-c2cccc([N+](=O)[O-])c2)o1. The Morgan fingerprint density at radius 2 is 1.67 bits per heavy atom. The molecule has 36 heavy (non-hydrogen) atoms. The number of rotatable bonds is 5. The molecule has 3 aromatic rings. The first-order valence-electron chi connectivity index (χ1n) is 11.0. The second-order valence-electron chi connectivity index (χ2n) is 8.04. The van der Waals surface area contributed by atoms with Crippen LogP contribution in [0.25, 0.3) is 17.4 Å². The van der Waals surface area contributed by atoms with Gasteiger partial charge in [0.25, 0.3) is 17.3 Å². The summed E-state index contributed by atoms with van der Waals surface area (Å²) in [6.07, 6.45) is 1.61. The number of amides is 1. The summed E-state index contributed by atoms with van der Waals surface area (Å²) in [5, 5.41) is 23.0. The van der Waals surface area contributed by atoms with Crippen molar-refractivity contribution in [3.63, 3.8) is 0 Å². The molecule has 3 heterocycles. The Bertz CT molecular complexity index is 1420. The lowest BCUT2D eigenvalue weighted by Gasteiger charge is -2.36. The van der Waals surface area contributed by atoms with E-state index in [0.717, 1.165) is 0 Å². The van der Waals surface area contributed by atoms with Gasteiger partial charge in [0.05, 0.1) is 14.8 Å². The van der Waals surface area contributed by atoms with Crippen LogP contribution in [-0.2, 0) is 4.79 Å². The number of amidine groups is 1. The molecule has 5 rings (SSSR count). The Kier molecular flexibility index (Phi) is 6.25. The number of nitro benzene ring substituents is 2. The zero-order valence-corrected chi connectivity index (χ0v) is 19.6. The second kappa shape index (κ2) is 9.66. The van der Waals surface area contributed by atoms with Crippen molar-refractivity contribution in [1.29, 1.82) is 0 Å². The maximum atomic E-state index is 12.5. The van der Waals surface area contributed by atoms with Crippen molar-refractivity contribution in [2.45, 2.75) is 0 Å². The third-order valence-electron chi connectivity index (χ3n) is 5.82. The lowest BCUT2D eigenvalue weighted by molar-refractivity contribution is -0.384. The molecule has 1 saturated heterocycles. The fraction of sp³-hybridized carbons (Fsp3) is 0.167. The van der Waals surface area contributed by atoms with Crippen molar-refractivity contribution in [1.82, 2.24) is 4.90 Å². The average Bonchev–Trinajstić information content (AvgIpc) is 3.51. The van der Waals surface area contributed by atoms with Crippen LogP contribution in [-0.4, -0.2) is 52.0 Å². The van der Waals surface area contributed by atoms with Crippen LogP contribution >= 0.6 is 11.8 Å². The Balaban J connectivity index is 1.25. The number of non-ortho nitro benzene ring substituents is 1. The van der Waals surface area contributed by atoms with Crippen molar-refractivity contribution >= 4 is 46.0 Å². The number of carbonyl (C=O) groups excluding carboxylic acids is 1. The molecule has 0 radical (unpaired) electrons. The number of piperazine rings is 1. The molecule has 1 amide bonds. The normalized spacial score (nSPS) is 16.9. The molecule has 2 aromatic carbocycles. The number of nitro groups is 2. The molecule has 0 N–H and O–H groups in total. The third kappa shape index (κ3) is 4.70. The van der Waals surface area contributed by atoms with Gasteiger partial charge in [-0.05, 0) is 30.0 Å². The van der Waals surface area contributed by atoms with Crippen LogP contribution in [0.3, 0.4) is 0 Å². The van der Waals surface area contributed by atoms with Gasteiger partial charge in [-0.25, -0.2) is 0 Å². The van der Waals surface area contributed by atoms with Crippen LogP contribution in [0.5, 0.6) is 0 Å². The number of aliphatic imine (C=N–C) groups is 1. The minimum Gasteiger partial charge on any atom is -0.457 e. The van der Waals surface area contributed by atoms with E-state index in [-0.39, 0.29) is 22.2 Å². The second-order valence-corrected chi connectivity index (χ2v) is 9.05. The molecule has 1 aromatic heterocycles. The van der Waals surface area contributed by atoms with Gasteiger partial charge in [-0.3, -0.25) is 25.0 Å². The highest BCUT2D eigenvalue weighted by atomic mass is 32.2. The summed E-state index contributed by atoms with van der Waals surface area (Å²) < 4.78 is 5.80. The molecule has 0 spiro atoms. The highest BCUT2D eigenvalue weighted by Crippen LogP contribution is 2.34. The first-order valence-corrected chi connectivity index (χ1v) is 11.8. The lowest BCUT2D eigenvalue weighted by atomic mass is 10.1. The van der Waals surface area contributed by atoms with E-state index in [2.05, 4.69) is 4.99 Å². The minimum absolute atomic E-state index is 0.0367. The molecule has 12 heteroatoms. The minimum atomic E-state index is -0.469. The highest BCUT2D eigenvalue weighted by molar-refractivity contribution is 8.18. The molecule has 0 saturated carbocycles. The van der Waals surface area contributed by atoms with Gasteiger partial charge in [-0.2, -0.15) is 4.99 Å². The van der Waals surface area contributed by atoms with Crippen LogP contribution < -0.4 is 4.90 Å². The predicted molar refractivity (Wildman–Crippen MR) is 136 cm³/mol. The van der Waals surface area contributed by atoms with E-state index in [1.165, 1.54) is 30.0 Å². The average molecular weight is 506 g/mol. The number of para-hydroxylation sites is 2. The standard InChI is InChI=1S/C24H19N5O6S/c30-23-22(15-18-8-9-21(35-18)16-4-3-5-17(14-16)28(31)32)36-24(25-23)27-12-10-26(11-13-27)19-6-1-2-7-20(19)29(33)34/h1-9,14-15H,10-13H2/b22-15-. The monoisotopic (exact) mass is 505 g/mol. The summed E-state index contributed by atoms with van der Waals surface area (Å²) in [5.41, 5.74) is 1.18. The third-order valence-corrected chi connectivity index (χ3v) is 6.86. The number of nitrogens with zero attached hydrogens (tertiary/aromatic N) is 5. The molecule has 182 valence electrons. The van der Waals surface area contributed by atoms with Gasteiger partial charge >= 0.3 is 0 Å². The van der Waals surface area contributed by atoms with Crippen LogP contribution in [0.15, 0.2) is 75.0 Å². The number of thioether (sulfide) groups is 1. The zero-order valence-electron chi connectivity index (χ0n) is 18.8. The van der Waals surface area contributed by atoms with Crippen LogP contribution in [0.1, 0.15) is 5.76 Å². The summed E-state index contributed by atoms with van der Waals surface area (Å²) in [5.74, 6) is 0.516. The maximum absolute atomic E-state index is 12.5. The number of carbonyl (C=O) groups is 1. The van der Waals surface area contributed by atoms with Gasteiger partial charge in [0.15, 0.2) is 5.17 Å². The van der Waals surface area contributed by atoms with Gasteiger partial charge in [-0.15, -0.1) is 0 Å². The molecular formula is C24H19N5O6S. The van der Waals surface area contributed by atoms with E-state index >= 15 is 0 Å². The number of hydrogen-bond donors (Lipinski definition) is 0. The number of benzene rings is 2. The first kappa shape index (κ1) is 23.3. The summed E-state index contributed by atoms with van der Waals surface area (Å²) in [6.45, 7) is 2.25. The fourth-order valence-corrected chi connectivity index (χ4v) is 4.99. The molecule has 2 aliphatic heterocycles. The quantitative estimate of drug-likeness (QED) is 0.278. The molecule has 0 bridgehead atoms. The van der Waals surface area contributed by atoms with Gasteiger partial charge in [-0.1, -0.05) is 24.3 Å². The van der Waals surface area contributed by atoms with E-state index in [4.69, 9.17) is 4.42 Å². The van der Waals surface area contributed by atoms with Crippen molar-refractivity contribution in [3.05, 3.63) is 91.6 Å². The highest BCUT2D eigenvalue weighted by Gasteiger charge is 2.30. The van der Waals surface area contributed by atoms with Crippen LogP contribution in [0.4, 0.5) is 17.1 Å². The number of anilines is 1. The Hall–Kier alpha value is -4.45. The molecule has 11 nitrogen and oxygen atoms in total. The lowest BCUT2D eigenvalue weighted by Crippen LogP contribution is -2.48. The Morgan fingerprint density at radius 1 is 0.917 bits per heavy atom. The van der Waals surface area contributed by atoms with Crippen LogP contribution in [0.2, 0.25) is 0 Å². The molecule has 0 unspecified atom stereocenters. The number of furan rings is 1. The van der Waals surface area contributed by atoms with Crippen molar-refractivity contribution in [3.8, 4) is 11.3 Å². The maximum Gasteiger partial charge on any atom is 0.292 e. The van der Waals surface area contributed by atoms with Gasteiger partial charge in [0.1, 0.15) is 17.2 Å². The largest absolute Gasteiger partial charge is 0.457 e. The zero-order chi connectivity index (χ0) is 25.2. The Labute approximate surface area is 209 Å². The van der Waals surface area contributed by atoms with Crippen LogP contribution in [0, 0.1) is 20.2 Å². The fourth-order valence-electron chi connectivity index (χ4n) is 4.05. The number of hydrogen-bond acceptors (Lipinski definition) is 9. The van der Waals surface area contributed by atoms with Gasteiger partial charge < -0.3 is 14.2 Å². The first-order chi connectivity index (χ1) is 17.4. The topological polar surface area (TPSA) is 135 Å². The molecular weight excluding hydrogens is 486 g/mol. The van der Waals surface area contributed by atoms with E-state index in [1.54, 1.807) is 48.5 Å². The summed E-state index contributed by atoms with van der Waals surface area (Å²) in [7, 11) is 0. The Morgan fingerprint density at radius 3 is 2.42 bits per heavy atom. The summed E-state index contributed by atoms with van der Waals surface area (Å²) >= 11 is 1.25. The smallest absolute Gasteiger partial charge is 0.292 e. The molecule has 0 aliphatic carbocycles. The van der Waals surface area contributed by atoms with Gasteiger partial charge in [0.2, 0.25) is 0 Å². The molecule has 1 fully saturated rings. The summed E-state index contributed by atoms with van der Waals surface area (Å²) in [6, 6.07) is 16.2. The van der Waals surface area contributed by atoms with E-state index in [0.29, 0.717) is 59.0 Å². The molecule has 2 aliphatic rings. The predicted octanol–water partition coefficient (Wildman–Crippen LogP) is 4.56. The molecule has 0 atom stereocenters.